The first-order valence-electron chi connectivity index (χ1n) is 15.7. The minimum absolute atomic E-state index is 0.0165. The van der Waals surface area contributed by atoms with Gasteiger partial charge in [-0.25, -0.2) is 9.37 Å². The first-order valence-corrected chi connectivity index (χ1v) is 16.1. The van der Waals surface area contributed by atoms with Crippen LogP contribution >= 0.6 is 11.6 Å². The standard InChI is InChI=1S/C32H29ClF4N8O5/c1-16-14-22(28(47)39-21-3-2-18(15-19(21)33)32(35,36)37)44-24(16)25(30(49)45-31(44)40-27(41-45)17-5-12-50-13-6-17)42-8-10-43(11-9-42)29(48)23-26(46)20(34)4-7-38-23/h2-5,7,15-16,22,46H,6,8-14H2,1H3,(H,39,47)/t16-,22-/m0/s1. The Bertz CT molecular complexity index is 2130. The van der Waals surface area contributed by atoms with E-state index in [1.54, 1.807) is 9.47 Å². The van der Waals surface area contributed by atoms with Crippen LogP contribution in [0.4, 0.5) is 28.9 Å². The van der Waals surface area contributed by atoms with E-state index < -0.39 is 52.4 Å². The summed E-state index contributed by atoms with van der Waals surface area (Å²) in [6, 6.07) is 2.63. The molecule has 0 aliphatic carbocycles. The topological polar surface area (TPSA) is 147 Å². The van der Waals surface area contributed by atoms with Crippen LogP contribution in [0.1, 0.15) is 59.3 Å². The number of fused-ring (bicyclic) bond motifs is 3. The van der Waals surface area contributed by atoms with Crippen LogP contribution in [-0.2, 0) is 15.7 Å². The number of hydrogen-bond acceptors (Lipinski definition) is 9. The largest absolute Gasteiger partial charge is 0.503 e. The zero-order valence-electron chi connectivity index (χ0n) is 26.4. The number of alkyl halides is 3. The molecule has 2 amide bonds. The molecule has 3 aliphatic rings. The van der Waals surface area contributed by atoms with Crippen molar-refractivity contribution in [3.8, 4) is 5.75 Å². The molecule has 0 spiro atoms. The molecule has 3 aromatic heterocycles. The van der Waals surface area contributed by atoms with E-state index in [1.165, 1.54) is 4.90 Å². The number of pyridine rings is 1. The number of aromatic nitrogens is 5. The Morgan fingerprint density at radius 2 is 1.90 bits per heavy atom. The second-order valence-corrected chi connectivity index (χ2v) is 12.6. The van der Waals surface area contributed by atoms with Crippen LogP contribution in [0.2, 0.25) is 5.02 Å². The van der Waals surface area contributed by atoms with Crippen molar-refractivity contribution in [3.05, 3.63) is 80.5 Å². The average Bonchev–Trinajstić information content (AvgIpc) is 3.69. The molecule has 6 heterocycles. The van der Waals surface area contributed by atoms with Crippen LogP contribution in [0.5, 0.6) is 5.75 Å². The third kappa shape index (κ3) is 5.83. The molecule has 3 aliphatic heterocycles. The van der Waals surface area contributed by atoms with Gasteiger partial charge in [0.15, 0.2) is 23.1 Å². The highest BCUT2D eigenvalue weighted by Crippen LogP contribution is 2.42. The van der Waals surface area contributed by atoms with Gasteiger partial charge in [0, 0.05) is 38.3 Å². The van der Waals surface area contributed by atoms with E-state index in [0.717, 1.165) is 40.6 Å². The van der Waals surface area contributed by atoms with E-state index in [1.807, 2.05) is 13.0 Å². The van der Waals surface area contributed by atoms with E-state index in [9.17, 15) is 37.1 Å². The lowest BCUT2D eigenvalue weighted by Crippen LogP contribution is -2.51. The third-order valence-corrected chi connectivity index (χ3v) is 9.44. The quantitative estimate of drug-likeness (QED) is 0.289. The van der Waals surface area contributed by atoms with Crippen molar-refractivity contribution in [1.82, 2.24) is 29.0 Å². The number of piperazine rings is 1. The van der Waals surface area contributed by atoms with Crippen molar-refractivity contribution in [2.24, 2.45) is 0 Å². The van der Waals surface area contributed by atoms with Crippen LogP contribution in [0.3, 0.4) is 0 Å². The summed E-state index contributed by atoms with van der Waals surface area (Å²) in [7, 11) is 0. The third-order valence-electron chi connectivity index (χ3n) is 9.13. The highest BCUT2D eigenvalue weighted by atomic mass is 35.5. The molecule has 0 bridgehead atoms. The van der Waals surface area contributed by atoms with Gasteiger partial charge in [-0.05, 0) is 42.7 Å². The van der Waals surface area contributed by atoms with Gasteiger partial charge in [0.05, 0.1) is 35.2 Å². The van der Waals surface area contributed by atoms with Gasteiger partial charge in [0.1, 0.15) is 11.7 Å². The first-order chi connectivity index (χ1) is 23.8. The van der Waals surface area contributed by atoms with Crippen LogP contribution in [0.25, 0.3) is 11.4 Å². The molecule has 2 atom stereocenters. The van der Waals surface area contributed by atoms with Crippen molar-refractivity contribution in [2.45, 2.75) is 37.9 Å². The smallest absolute Gasteiger partial charge is 0.416 e. The Morgan fingerprint density at radius 3 is 2.58 bits per heavy atom. The number of hydrogen-bond donors (Lipinski definition) is 2. The summed E-state index contributed by atoms with van der Waals surface area (Å²) in [5, 5.41) is 17.0. The van der Waals surface area contributed by atoms with E-state index in [0.29, 0.717) is 31.2 Å². The summed E-state index contributed by atoms with van der Waals surface area (Å²) in [5.41, 5.74) is -0.366. The Kier molecular flexibility index (Phi) is 8.50. The Morgan fingerprint density at radius 1 is 1.14 bits per heavy atom. The van der Waals surface area contributed by atoms with Gasteiger partial charge in [0.25, 0.3) is 11.5 Å². The lowest BCUT2D eigenvalue weighted by atomic mass is 10.0. The minimum atomic E-state index is -4.62. The fourth-order valence-corrected chi connectivity index (χ4v) is 6.85. The van der Waals surface area contributed by atoms with E-state index in [4.69, 9.17) is 21.3 Å². The highest BCUT2D eigenvalue weighted by molar-refractivity contribution is 6.33. The lowest BCUT2D eigenvalue weighted by Gasteiger charge is -2.36. The van der Waals surface area contributed by atoms with Gasteiger partial charge < -0.3 is 25.0 Å². The monoisotopic (exact) mass is 716 g/mol. The molecule has 1 fully saturated rings. The van der Waals surface area contributed by atoms with Gasteiger partial charge in [0.2, 0.25) is 11.7 Å². The molecule has 4 aromatic rings. The number of aromatic hydroxyl groups is 1. The maximum absolute atomic E-state index is 14.3. The SMILES string of the molecule is C[C@H]1C[C@@H](C(=O)Nc2ccc(C(F)(F)F)cc2Cl)n2c1c(N1CCN(C(=O)c3nccc(F)c3O)CC1)c(=O)n1nc(C3=CCOCC3)nc21. The normalized spacial score (nSPS) is 19.4. The van der Waals surface area contributed by atoms with Gasteiger partial charge in [-0.15, -0.1) is 5.10 Å². The lowest BCUT2D eigenvalue weighted by molar-refractivity contribution is -0.137. The number of carbonyl (C=O) groups excluding carboxylic acids is 2. The molecule has 0 saturated carbocycles. The van der Waals surface area contributed by atoms with Crippen molar-refractivity contribution in [1.29, 1.82) is 0 Å². The number of ether oxygens (including phenoxy) is 1. The number of carbonyl (C=O) groups is 2. The second kappa shape index (κ2) is 12.7. The Balaban J connectivity index is 1.26. The predicted octanol–water partition coefficient (Wildman–Crippen LogP) is 4.26. The molecular weight excluding hydrogens is 688 g/mol. The van der Waals surface area contributed by atoms with Crippen molar-refractivity contribution in [2.75, 3.05) is 49.6 Å². The Labute approximate surface area is 285 Å². The zero-order chi connectivity index (χ0) is 35.5. The molecule has 0 unspecified atom stereocenters. The average molecular weight is 717 g/mol. The van der Waals surface area contributed by atoms with Gasteiger partial charge in [-0.2, -0.15) is 22.7 Å². The predicted molar refractivity (Wildman–Crippen MR) is 172 cm³/mol. The summed E-state index contributed by atoms with van der Waals surface area (Å²) in [6.07, 6.45) is -1.00. The number of nitrogens with zero attached hydrogens (tertiary/aromatic N) is 7. The van der Waals surface area contributed by atoms with Crippen LogP contribution in [-0.4, -0.2) is 85.4 Å². The van der Waals surface area contributed by atoms with Crippen molar-refractivity contribution in [3.63, 3.8) is 0 Å². The molecule has 7 rings (SSSR count). The summed E-state index contributed by atoms with van der Waals surface area (Å²) in [5.74, 6) is -3.04. The van der Waals surface area contributed by atoms with Crippen LogP contribution in [0.15, 0.2) is 41.3 Å². The summed E-state index contributed by atoms with van der Waals surface area (Å²) in [6.45, 7) is 3.17. The zero-order valence-corrected chi connectivity index (χ0v) is 27.1. The fourth-order valence-electron chi connectivity index (χ4n) is 6.62. The van der Waals surface area contributed by atoms with Gasteiger partial charge in [-0.3, -0.25) is 19.0 Å². The fraction of sp³-hybridized carbons (Fsp3) is 0.375. The van der Waals surface area contributed by atoms with Gasteiger partial charge >= 0.3 is 6.18 Å². The number of nitrogens with one attached hydrogen (secondary N) is 1. The molecule has 262 valence electrons. The van der Waals surface area contributed by atoms with Crippen LogP contribution < -0.4 is 15.8 Å². The highest BCUT2D eigenvalue weighted by Gasteiger charge is 2.41. The molecule has 1 saturated heterocycles. The minimum Gasteiger partial charge on any atom is -0.503 e. The number of halogens is 5. The van der Waals surface area contributed by atoms with Crippen LogP contribution in [0, 0.1) is 5.82 Å². The molecule has 50 heavy (non-hydrogen) atoms. The Hall–Kier alpha value is -5.03. The van der Waals surface area contributed by atoms with E-state index in [2.05, 4.69) is 15.4 Å². The number of anilines is 2. The molecule has 1 aromatic carbocycles. The molecule has 18 heteroatoms. The second-order valence-electron chi connectivity index (χ2n) is 12.2. The number of benzene rings is 1. The summed E-state index contributed by atoms with van der Waals surface area (Å²) in [4.78, 5) is 53.0. The maximum Gasteiger partial charge on any atom is 0.416 e. The maximum atomic E-state index is 14.3. The van der Waals surface area contributed by atoms with Crippen molar-refractivity contribution < 1.29 is 37.0 Å². The summed E-state index contributed by atoms with van der Waals surface area (Å²) >= 11 is 6.16. The van der Waals surface area contributed by atoms with Crippen molar-refractivity contribution >= 4 is 46.1 Å². The molecule has 2 N–H and O–H groups in total. The molecule has 0 radical (unpaired) electrons. The molecular formula is C32H29ClF4N8O5. The number of amides is 2. The van der Waals surface area contributed by atoms with E-state index in [-0.39, 0.29) is 60.7 Å². The number of rotatable bonds is 5. The van der Waals surface area contributed by atoms with Gasteiger partial charge in [-0.1, -0.05) is 24.6 Å². The molecule has 13 nitrogen and oxygen atoms in total. The summed E-state index contributed by atoms with van der Waals surface area (Å²) < 4.78 is 61.8. The first kappa shape index (κ1) is 33.5. The van der Waals surface area contributed by atoms with E-state index >= 15 is 0 Å².